The van der Waals surface area contributed by atoms with Gasteiger partial charge < -0.3 is 10.6 Å². The van der Waals surface area contributed by atoms with Crippen LogP contribution in [-0.4, -0.2) is 21.2 Å². The van der Waals surface area contributed by atoms with E-state index in [4.69, 9.17) is 0 Å². The Morgan fingerprint density at radius 1 is 1.04 bits per heavy atom. The normalized spacial score (nSPS) is 10.3. The highest BCUT2D eigenvalue weighted by atomic mass is 19.1. The van der Waals surface area contributed by atoms with Gasteiger partial charge in [-0.25, -0.2) is 13.6 Å². The van der Waals surface area contributed by atoms with Crippen LogP contribution < -0.4 is 10.6 Å². The van der Waals surface area contributed by atoms with Crippen molar-refractivity contribution in [3.63, 3.8) is 0 Å². The van der Waals surface area contributed by atoms with Crippen LogP contribution in [0.5, 0.6) is 0 Å². The SMILES string of the molecule is O=C(Nc1c[nH]nc1-c1ccccn1)Nc1c(F)cccc1F. The Morgan fingerprint density at radius 3 is 2.52 bits per heavy atom. The van der Waals surface area contributed by atoms with Gasteiger partial charge in [0.25, 0.3) is 0 Å². The summed E-state index contributed by atoms with van der Waals surface area (Å²) in [5.74, 6) is -1.73. The van der Waals surface area contributed by atoms with Crippen molar-refractivity contribution in [2.45, 2.75) is 0 Å². The number of carbonyl (C=O) groups is 1. The predicted octanol–water partition coefficient (Wildman–Crippen LogP) is 3.39. The van der Waals surface area contributed by atoms with Gasteiger partial charge in [-0.2, -0.15) is 5.10 Å². The zero-order chi connectivity index (χ0) is 16.2. The molecule has 0 aliphatic carbocycles. The summed E-state index contributed by atoms with van der Waals surface area (Å²) in [6.45, 7) is 0. The zero-order valence-electron chi connectivity index (χ0n) is 11.7. The minimum atomic E-state index is -0.864. The van der Waals surface area contributed by atoms with E-state index in [0.717, 1.165) is 12.1 Å². The molecule has 0 aliphatic heterocycles. The molecule has 0 radical (unpaired) electrons. The molecule has 0 spiro atoms. The molecule has 3 rings (SSSR count). The van der Waals surface area contributed by atoms with Crippen molar-refractivity contribution >= 4 is 17.4 Å². The van der Waals surface area contributed by atoms with Gasteiger partial charge in [-0.3, -0.25) is 10.1 Å². The number of para-hydroxylation sites is 1. The van der Waals surface area contributed by atoms with E-state index in [2.05, 4.69) is 25.8 Å². The number of amides is 2. The van der Waals surface area contributed by atoms with Gasteiger partial charge in [0.15, 0.2) is 0 Å². The standard InChI is InChI=1S/C15H11F2N5O/c16-9-4-3-5-10(17)13(9)21-15(23)20-12-8-19-22-14(12)11-6-1-2-7-18-11/h1-8H,(H,19,22)(H2,20,21,23). The van der Waals surface area contributed by atoms with Crippen molar-refractivity contribution in [2.24, 2.45) is 0 Å². The molecule has 6 nitrogen and oxygen atoms in total. The van der Waals surface area contributed by atoms with E-state index < -0.39 is 23.4 Å². The van der Waals surface area contributed by atoms with Crippen molar-refractivity contribution in [3.05, 3.63) is 60.4 Å². The number of nitrogens with one attached hydrogen (secondary N) is 3. The number of pyridine rings is 1. The van der Waals surface area contributed by atoms with Gasteiger partial charge in [0.2, 0.25) is 0 Å². The quantitative estimate of drug-likeness (QED) is 0.693. The van der Waals surface area contributed by atoms with Crippen molar-refractivity contribution in [3.8, 4) is 11.4 Å². The summed E-state index contributed by atoms with van der Waals surface area (Å²) < 4.78 is 27.0. The average Bonchev–Trinajstić information content (AvgIpc) is 3.00. The van der Waals surface area contributed by atoms with Gasteiger partial charge in [0.1, 0.15) is 23.0 Å². The Bertz CT molecular complexity index is 815. The second-order valence-corrected chi connectivity index (χ2v) is 4.54. The van der Waals surface area contributed by atoms with E-state index in [1.54, 1.807) is 24.4 Å². The molecule has 0 saturated heterocycles. The Hall–Kier alpha value is -3.29. The lowest BCUT2D eigenvalue weighted by Crippen LogP contribution is -2.21. The van der Waals surface area contributed by atoms with Crippen LogP contribution in [0.25, 0.3) is 11.4 Å². The number of halogens is 2. The van der Waals surface area contributed by atoms with Gasteiger partial charge in [-0.15, -0.1) is 0 Å². The number of aromatic amines is 1. The van der Waals surface area contributed by atoms with Gasteiger partial charge in [0.05, 0.1) is 11.4 Å². The monoisotopic (exact) mass is 315 g/mol. The van der Waals surface area contributed by atoms with Crippen LogP contribution in [0, 0.1) is 11.6 Å². The second-order valence-electron chi connectivity index (χ2n) is 4.54. The fraction of sp³-hybridized carbons (Fsp3) is 0. The maximum absolute atomic E-state index is 13.5. The van der Waals surface area contributed by atoms with Crippen LogP contribution in [-0.2, 0) is 0 Å². The molecule has 3 aromatic rings. The Kier molecular flexibility index (Phi) is 3.96. The van der Waals surface area contributed by atoms with Crippen LogP contribution in [0.3, 0.4) is 0 Å². The largest absolute Gasteiger partial charge is 0.323 e. The highest BCUT2D eigenvalue weighted by Crippen LogP contribution is 2.24. The first-order valence-electron chi connectivity index (χ1n) is 6.62. The minimum Gasteiger partial charge on any atom is -0.304 e. The number of aromatic nitrogens is 3. The summed E-state index contributed by atoms with van der Waals surface area (Å²) in [5.41, 5.74) is 0.765. The molecule has 0 saturated carbocycles. The smallest absolute Gasteiger partial charge is 0.304 e. The summed E-state index contributed by atoms with van der Waals surface area (Å²) in [6, 6.07) is 7.75. The van der Waals surface area contributed by atoms with Crippen molar-refractivity contribution < 1.29 is 13.6 Å². The molecule has 0 atom stereocenters. The van der Waals surface area contributed by atoms with E-state index >= 15 is 0 Å². The van der Waals surface area contributed by atoms with Crippen molar-refractivity contribution in [1.82, 2.24) is 15.2 Å². The fourth-order valence-corrected chi connectivity index (χ4v) is 1.97. The lowest BCUT2D eigenvalue weighted by Gasteiger charge is -2.09. The molecular weight excluding hydrogens is 304 g/mol. The van der Waals surface area contributed by atoms with E-state index in [-0.39, 0.29) is 0 Å². The molecule has 0 fully saturated rings. The number of urea groups is 1. The fourth-order valence-electron chi connectivity index (χ4n) is 1.97. The first-order valence-corrected chi connectivity index (χ1v) is 6.62. The lowest BCUT2D eigenvalue weighted by atomic mass is 10.2. The summed E-state index contributed by atoms with van der Waals surface area (Å²) >= 11 is 0. The number of carbonyl (C=O) groups excluding carboxylic acids is 1. The van der Waals surface area contributed by atoms with Gasteiger partial charge >= 0.3 is 6.03 Å². The number of anilines is 2. The van der Waals surface area contributed by atoms with Crippen LogP contribution >= 0.6 is 0 Å². The summed E-state index contributed by atoms with van der Waals surface area (Å²) in [5, 5.41) is 11.2. The number of hydrogen-bond acceptors (Lipinski definition) is 3. The molecule has 1 aromatic carbocycles. The van der Waals surface area contributed by atoms with E-state index in [1.807, 2.05) is 0 Å². The third-order valence-electron chi connectivity index (χ3n) is 3.00. The lowest BCUT2D eigenvalue weighted by molar-refractivity contribution is 0.262. The number of nitrogens with zero attached hydrogens (tertiary/aromatic N) is 2. The van der Waals surface area contributed by atoms with Crippen LogP contribution in [0.1, 0.15) is 0 Å². The van der Waals surface area contributed by atoms with E-state index in [0.29, 0.717) is 17.1 Å². The third kappa shape index (κ3) is 3.15. The molecule has 8 heteroatoms. The summed E-state index contributed by atoms with van der Waals surface area (Å²) in [7, 11) is 0. The third-order valence-corrected chi connectivity index (χ3v) is 3.00. The Balaban J connectivity index is 1.78. The summed E-state index contributed by atoms with van der Waals surface area (Å²) in [6.07, 6.45) is 3.03. The average molecular weight is 315 g/mol. The highest BCUT2D eigenvalue weighted by Gasteiger charge is 2.15. The molecule has 0 bridgehead atoms. The highest BCUT2D eigenvalue weighted by molar-refractivity contribution is 6.01. The molecule has 0 aliphatic rings. The van der Waals surface area contributed by atoms with Crippen LogP contribution in [0.4, 0.5) is 25.0 Å². The molecule has 3 N–H and O–H groups in total. The second kappa shape index (κ2) is 6.22. The minimum absolute atomic E-state index is 0.331. The number of hydrogen-bond donors (Lipinski definition) is 3. The Morgan fingerprint density at radius 2 is 1.83 bits per heavy atom. The maximum atomic E-state index is 13.5. The first-order chi connectivity index (χ1) is 11.1. The van der Waals surface area contributed by atoms with Gasteiger partial charge in [-0.1, -0.05) is 12.1 Å². The topological polar surface area (TPSA) is 82.7 Å². The molecule has 116 valence electrons. The number of H-pyrrole nitrogens is 1. The van der Waals surface area contributed by atoms with Crippen molar-refractivity contribution in [1.29, 1.82) is 0 Å². The van der Waals surface area contributed by atoms with Crippen molar-refractivity contribution in [2.75, 3.05) is 10.6 Å². The first kappa shape index (κ1) is 14.6. The zero-order valence-corrected chi connectivity index (χ0v) is 11.7. The summed E-state index contributed by atoms with van der Waals surface area (Å²) in [4.78, 5) is 16.1. The van der Waals surface area contributed by atoms with E-state index in [1.165, 1.54) is 12.3 Å². The number of benzene rings is 1. The molecule has 2 aromatic heterocycles. The molecule has 0 unspecified atom stereocenters. The molecular formula is C15H11F2N5O. The van der Waals surface area contributed by atoms with E-state index in [9.17, 15) is 13.6 Å². The number of rotatable bonds is 3. The molecule has 2 heterocycles. The van der Waals surface area contributed by atoms with Gasteiger partial charge in [-0.05, 0) is 24.3 Å². The Labute approximate surface area is 129 Å². The predicted molar refractivity (Wildman–Crippen MR) is 80.8 cm³/mol. The molecule has 2 amide bonds. The van der Waals surface area contributed by atoms with Crippen LogP contribution in [0.15, 0.2) is 48.8 Å². The maximum Gasteiger partial charge on any atom is 0.323 e. The van der Waals surface area contributed by atoms with Gasteiger partial charge in [0, 0.05) is 12.4 Å². The van der Waals surface area contributed by atoms with Crippen LogP contribution in [0.2, 0.25) is 0 Å². The molecule has 23 heavy (non-hydrogen) atoms.